The number of amides is 2. The van der Waals surface area contributed by atoms with Crippen molar-refractivity contribution in [2.75, 3.05) is 24.5 Å². The van der Waals surface area contributed by atoms with E-state index in [2.05, 4.69) is 24.3 Å². The van der Waals surface area contributed by atoms with E-state index in [9.17, 15) is 9.59 Å². The van der Waals surface area contributed by atoms with E-state index in [0.29, 0.717) is 17.9 Å². The van der Waals surface area contributed by atoms with E-state index in [1.54, 1.807) is 4.90 Å². The van der Waals surface area contributed by atoms with Gasteiger partial charge in [0, 0.05) is 37.3 Å². The maximum Gasteiger partial charge on any atom is 0.253 e. The third-order valence-electron chi connectivity index (χ3n) is 5.55. The first kappa shape index (κ1) is 16.8. The lowest BCUT2D eigenvalue weighted by molar-refractivity contribution is -0.117. The van der Waals surface area contributed by atoms with E-state index in [-0.39, 0.29) is 11.8 Å². The van der Waals surface area contributed by atoms with E-state index >= 15 is 0 Å². The van der Waals surface area contributed by atoms with Crippen molar-refractivity contribution in [3.05, 3.63) is 65.7 Å². The SMILES string of the molecule is O=C(c1ccc(N2CCCC2=O)cc1)N1CCC(c2ccccc2)CC1. The molecule has 2 fully saturated rings. The molecule has 0 atom stereocenters. The Morgan fingerprint density at radius 1 is 0.885 bits per heavy atom. The molecule has 2 saturated heterocycles. The van der Waals surface area contributed by atoms with Crippen molar-refractivity contribution in [2.24, 2.45) is 0 Å². The van der Waals surface area contributed by atoms with Crippen molar-refractivity contribution in [1.82, 2.24) is 4.90 Å². The largest absolute Gasteiger partial charge is 0.339 e. The zero-order valence-corrected chi connectivity index (χ0v) is 14.9. The number of carbonyl (C=O) groups is 2. The van der Waals surface area contributed by atoms with Gasteiger partial charge in [-0.1, -0.05) is 30.3 Å². The molecular formula is C22H24N2O2. The summed E-state index contributed by atoms with van der Waals surface area (Å²) in [6.07, 6.45) is 3.55. The van der Waals surface area contributed by atoms with Crippen molar-refractivity contribution in [3.63, 3.8) is 0 Å². The number of hydrogen-bond donors (Lipinski definition) is 0. The smallest absolute Gasteiger partial charge is 0.253 e. The molecule has 0 saturated carbocycles. The van der Waals surface area contributed by atoms with Gasteiger partial charge >= 0.3 is 0 Å². The molecule has 26 heavy (non-hydrogen) atoms. The lowest BCUT2D eigenvalue weighted by Crippen LogP contribution is -2.37. The second-order valence-corrected chi connectivity index (χ2v) is 7.17. The Hall–Kier alpha value is -2.62. The van der Waals surface area contributed by atoms with Gasteiger partial charge in [-0.2, -0.15) is 0 Å². The first-order chi connectivity index (χ1) is 12.7. The summed E-state index contributed by atoms with van der Waals surface area (Å²) in [5, 5.41) is 0. The summed E-state index contributed by atoms with van der Waals surface area (Å²) < 4.78 is 0. The van der Waals surface area contributed by atoms with Crippen LogP contribution in [0.5, 0.6) is 0 Å². The normalized spacial score (nSPS) is 18.4. The van der Waals surface area contributed by atoms with Crippen molar-refractivity contribution in [2.45, 2.75) is 31.6 Å². The van der Waals surface area contributed by atoms with Gasteiger partial charge in [-0.3, -0.25) is 9.59 Å². The molecule has 0 spiro atoms. The van der Waals surface area contributed by atoms with Crippen molar-refractivity contribution >= 4 is 17.5 Å². The zero-order chi connectivity index (χ0) is 17.9. The molecule has 2 heterocycles. The first-order valence-electron chi connectivity index (χ1n) is 9.47. The van der Waals surface area contributed by atoms with Crippen LogP contribution in [-0.4, -0.2) is 36.3 Å². The Kier molecular flexibility index (Phi) is 4.74. The molecule has 0 aliphatic carbocycles. The molecule has 0 unspecified atom stereocenters. The summed E-state index contributed by atoms with van der Waals surface area (Å²) in [4.78, 5) is 28.4. The van der Waals surface area contributed by atoms with E-state index in [0.717, 1.165) is 44.6 Å². The molecular weight excluding hydrogens is 324 g/mol. The quantitative estimate of drug-likeness (QED) is 0.846. The molecule has 2 aromatic carbocycles. The van der Waals surface area contributed by atoms with Crippen molar-refractivity contribution in [1.29, 1.82) is 0 Å². The highest BCUT2D eigenvalue weighted by atomic mass is 16.2. The molecule has 2 aliphatic rings. The van der Waals surface area contributed by atoms with Gasteiger partial charge < -0.3 is 9.80 Å². The first-order valence-corrected chi connectivity index (χ1v) is 9.47. The predicted octanol–water partition coefficient (Wildman–Crippen LogP) is 3.83. The molecule has 0 N–H and O–H groups in total. The number of carbonyl (C=O) groups excluding carboxylic acids is 2. The van der Waals surface area contributed by atoms with E-state index in [4.69, 9.17) is 0 Å². The van der Waals surface area contributed by atoms with Gasteiger partial charge in [-0.15, -0.1) is 0 Å². The fourth-order valence-corrected chi connectivity index (χ4v) is 4.03. The monoisotopic (exact) mass is 348 g/mol. The molecule has 2 amide bonds. The zero-order valence-electron chi connectivity index (χ0n) is 14.9. The highest BCUT2D eigenvalue weighted by molar-refractivity contribution is 5.97. The molecule has 4 nitrogen and oxygen atoms in total. The minimum Gasteiger partial charge on any atom is -0.339 e. The molecule has 0 bridgehead atoms. The number of piperidine rings is 1. The van der Waals surface area contributed by atoms with E-state index in [1.165, 1.54) is 5.56 Å². The number of hydrogen-bond acceptors (Lipinski definition) is 2. The minimum atomic E-state index is 0.0933. The summed E-state index contributed by atoms with van der Waals surface area (Å²) in [6.45, 7) is 2.37. The van der Waals surface area contributed by atoms with Crippen LogP contribution >= 0.6 is 0 Å². The Labute approximate surface area is 154 Å². The van der Waals surface area contributed by atoms with E-state index in [1.807, 2.05) is 35.2 Å². The lowest BCUT2D eigenvalue weighted by atomic mass is 9.89. The van der Waals surface area contributed by atoms with Crippen LogP contribution < -0.4 is 4.90 Å². The molecule has 2 aliphatic heterocycles. The van der Waals surface area contributed by atoms with Crippen LogP contribution in [0.25, 0.3) is 0 Å². The summed E-state index contributed by atoms with van der Waals surface area (Å²) >= 11 is 0. The Morgan fingerprint density at radius 2 is 1.58 bits per heavy atom. The van der Waals surface area contributed by atoms with Crippen molar-refractivity contribution < 1.29 is 9.59 Å². The number of nitrogens with zero attached hydrogens (tertiary/aromatic N) is 2. The number of likely N-dealkylation sites (tertiary alicyclic amines) is 1. The number of rotatable bonds is 3. The minimum absolute atomic E-state index is 0.0933. The predicted molar refractivity (Wildman–Crippen MR) is 102 cm³/mol. The maximum absolute atomic E-state index is 12.8. The van der Waals surface area contributed by atoms with Gasteiger partial charge in [0.25, 0.3) is 5.91 Å². The third-order valence-corrected chi connectivity index (χ3v) is 5.55. The third kappa shape index (κ3) is 3.36. The Balaban J connectivity index is 1.38. The maximum atomic E-state index is 12.8. The Bertz CT molecular complexity index is 778. The van der Waals surface area contributed by atoms with Gasteiger partial charge in [0.2, 0.25) is 5.91 Å². The molecule has 2 aromatic rings. The number of benzene rings is 2. The second-order valence-electron chi connectivity index (χ2n) is 7.17. The van der Waals surface area contributed by atoms with Gasteiger partial charge in [-0.25, -0.2) is 0 Å². The highest BCUT2D eigenvalue weighted by Crippen LogP contribution is 2.29. The van der Waals surface area contributed by atoms with Gasteiger partial charge in [0.15, 0.2) is 0 Å². The average molecular weight is 348 g/mol. The van der Waals surface area contributed by atoms with Gasteiger partial charge in [0.05, 0.1) is 0 Å². The number of anilines is 1. The lowest BCUT2D eigenvalue weighted by Gasteiger charge is -2.32. The summed E-state index contributed by atoms with van der Waals surface area (Å²) in [6, 6.07) is 18.1. The second kappa shape index (κ2) is 7.32. The average Bonchev–Trinajstić information content (AvgIpc) is 3.14. The molecule has 4 heteroatoms. The topological polar surface area (TPSA) is 40.6 Å². The van der Waals surface area contributed by atoms with Crippen LogP contribution in [0.15, 0.2) is 54.6 Å². The van der Waals surface area contributed by atoms with Crippen LogP contribution in [0.3, 0.4) is 0 Å². The van der Waals surface area contributed by atoms with Crippen LogP contribution in [0.4, 0.5) is 5.69 Å². The fourth-order valence-electron chi connectivity index (χ4n) is 4.03. The van der Waals surface area contributed by atoms with E-state index < -0.39 is 0 Å². The van der Waals surface area contributed by atoms with Crippen LogP contribution in [0.2, 0.25) is 0 Å². The Morgan fingerprint density at radius 3 is 2.19 bits per heavy atom. The molecule has 4 rings (SSSR count). The fraction of sp³-hybridized carbons (Fsp3) is 0.364. The van der Waals surface area contributed by atoms with Gasteiger partial charge in [-0.05, 0) is 55.0 Å². The molecule has 0 radical (unpaired) electrons. The van der Waals surface area contributed by atoms with Crippen LogP contribution in [0.1, 0.15) is 47.5 Å². The van der Waals surface area contributed by atoms with Crippen LogP contribution in [-0.2, 0) is 4.79 Å². The molecule has 134 valence electrons. The summed E-state index contributed by atoms with van der Waals surface area (Å²) in [5.74, 6) is 0.812. The summed E-state index contributed by atoms with van der Waals surface area (Å²) in [5.41, 5.74) is 2.98. The van der Waals surface area contributed by atoms with Crippen molar-refractivity contribution in [3.8, 4) is 0 Å². The van der Waals surface area contributed by atoms with Crippen LogP contribution in [0, 0.1) is 0 Å². The summed E-state index contributed by atoms with van der Waals surface area (Å²) in [7, 11) is 0. The van der Waals surface area contributed by atoms with Gasteiger partial charge in [0.1, 0.15) is 0 Å². The molecule has 0 aromatic heterocycles. The standard InChI is InChI=1S/C22H24N2O2/c25-21-7-4-14-24(21)20-10-8-19(9-11-20)22(26)23-15-12-18(13-16-23)17-5-2-1-3-6-17/h1-3,5-6,8-11,18H,4,7,12-16H2. The highest BCUT2D eigenvalue weighted by Gasteiger charge is 2.25.